The predicted octanol–water partition coefficient (Wildman–Crippen LogP) is 4.96. The van der Waals surface area contributed by atoms with Crippen LogP contribution in [0.5, 0.6) is 23.0 Å². The summed E-state index contributed by atoms with van der Waals surface area (Å²) < 4.78 is 10.9. The fraction of sp³-hybridized carbons (Fsp3) is 0.462. The summed E-state index contributed by atoms with van der Waals surface area (Å²) in [4.78, 5) is 25.7. The maximum atomic E-state index is 13.1. The van der Waals surface area contributed by atoms with Gasteiger partial charge in [0.05, 0.1) is 12.7 Å². The number of phenolic OH excluding ortho intramolecular Hbond substituents is 2. The molecule has 0 saturated heterocycles. The molecule has 7 nitrogen and oxygen atoms in total. The molecule has 2 aromatic rings. The molecule has 0 fully saturated rings. The average Bonchev–Trinajstić information content (AvgIpc) is 2.78. The van der Waals surface area contributed by atoms with Crippen LogP contribution in [0, 0.1) is 12.8 Å². The molecule has 2 rings (SSSR count). The van der Waals surface area contributed by atoms with Crippen molar-refractivity contribution in [1.82, 2.24) is 0 Å². The summed E-state index contributed by atoms with van der Waals surface area (Å²) in [6.45, 7) is 10.8. The first-order valence-corrected chi connectivity index (χ1v) is 11.1. The topological polar surface area (TPSA) is 117 Å². The van der Waals surface area contributed by atoms with Crippen molar-refractivity contribution >= 4 is 5.78 Å². The second-order valence-electron chi connectivity index (χ2n) is 8.52. The van der Waals surface area contributed by atoms with E-state index in [-0.39, 0.29) is 46.8 Å². The zero-order chi connectivity index (χ0) is 25.0. The first-order valence-electron chi connectivity index (χ1n) is 11.1. The first-order chi connectivity index (χ1) is 15.5. The van der Waals surface area contributed by atoms with E-state index in [1.807, 2.05) is 33.8 Å². The first kappa shape index (κ1) is 26.0. The highest BCUT2D eigenvalue weighted by Gasteiger charge is 2.31. The van der Waals surface area contributed by atoms with Crippen molar-refractivity contribution < 1.29 is 29.3 Å². The van der Waals surface area contributed by atoms with Gasteiger partial charge in [0.15, 0.2) is 5.78 Å². The lowest BCUT2D eigenvalue weighted by atomic mass is 9.88. The van der Waals surface area contributed by atoms with Gasteiger partial charge in [-0.2, -0.15) is 0 Å². The number of aromatic hydroxyl groups is 3. The number of benzene rings is 1. The SMILES string of the molecule is CCc1oc(=O)c(Cc2c(O)c(C(=O)[C@H](C)CC)c(O)c(CC=C(C)C)c2OC)c(O)c1C. The van der Waals surface area contributed by atoms with E-state index < -0.39 is 23.1 Å². The quantitative estimate of drug-likeness (QED) is 0.359. The molecule has 1 aromatic carbocycles. The molecule has 1 atom stereocenters. The molecular formula is C26H34O7. The van der Waals surface area contributed by atoms with Gasteiger partial charge in [-0.1, -0.05) is 32.4 Å². The molecule has 3 N–H and O–H groups in total. The zero-order valence-corrected chi connectivity index (χ0v) is 20.5. The number of carbonyl (C=O) groups excluding carboxylic acids is 1. The van der Waals surface area contributed by atoms with Crippen molar-refractivity contribution in [1.29, 1.82) is 0 Å². The molecular weight excluding hydrogens is 424 g/mol. The van der Waals surface area contributed by atoms with Crippen LogP contribution in [0.2, 0.25) is 0 Å². The Bertz CT molecular complexity index is 1130. The third-order valence-corrected chi connectivity index (χ3v) is 6.01. The molecule has 0 spiro atoms. The summed E-state index contributed by atoms with van der Waals surface area (Å²) in [7, 11) is 1.38. The normalized spacial score (nSPS) is 11.8. The third-order valence-electron chi connectivity index (χ3n) is 6.01. The molecule has 180 valence electrons. The Morgan fingerprint density at radius 2 is 1.67 bits per heavy atom. The van der Waals surface area contributed by atoms with Gasteiger partial charge in [0.2, 0.25) is 0 Å². The number of Topliss-reactive ketones (excluding diaryl/α,β-unsaturated/α-hetero) is 1. The van der Waals surface area contributed by atoms with Crippen LogP contribution >= 0.6 is 0 Å². The summed E-state index contributed by atoms with van der Waals surface area (Å²) in [6, 6.07) is 0. The zero-order valence-electron chi connectivity index (χ0n) is 20.5. The predicted molar refractivity (Wildman–Crippen MR) is 127 cm³/mol. The number of hydrogen-bond donors (Lipinski definition) is 3. The fourth-order valence-corrected chi connectivity index (χ4v) is 3.76. The lowest BCUT2D eigenvalue weighted by Gasteiger charge is -2.21. The molecule has 0 bridgehead atoms. The Labute approximate surface area is 194 Å². The van der Waals surface area contributed by atoms with Crippen LogP contribution in [0.15, 0.2) is 20.9 Å². The van der Waals surface area contributed by atoms with Crippen LogP contribution in [-0.4, -0.2) is 28.2 Å². The van der Waals surface area contributed by atoms with Gasteiger partial charge in [-0.05, 0) is 33.6 Å². The number of aryl methyl sites for hydroxylation is 1. The molecule has 1 heterocycles. The standard InChI is InChI=1S/C26H34O7/c1-8-14(5)21(27)20-23(29)16(11-10-13(3)4)25(32-7)17(24(20)30)12-18-22(28)15(6)19(9-2)33-26(18)31/h10,14,28-30H,8-9,11-12H2,1-7H3/t14-/m1/s1. The minimum absolute atomic E-state index is 0.0564. The highest BCUT2D eigenvalue weighted by Crippen LogP contribution is 2.45. The number of rotatable bonds is 9. The number of ketones is 1. The summed E-state index contributed by atoms with van der Waals surface area (Å²) in [6.07, 6.45) is 2.83. The van der Waals surface area contributed by atoms with Gasteiger partial charge in [0.25, 0.3) is 0 Å². The third kappa shape index (κ3) is 5.07. The molecule has 0 aliphatic heterocycles. The molecule has 0 amide bonds. The van der Waals surface area contributed by atoms with Gasteiger partial charge in [-0.3, -0.25) is 4.79 Å². The van der Waals surface area contributed by atoms with E-state index in [0.717, 1.165) is 5.57 Å². The van der Waals surface area contributed by atoms with Crippen molar-refractivity contribution in [3.05, 3.63) is 55.6 Å². The largest absolute Gasteiger partial charge is 0.507 e. The maximum absolute atomic E-state index is 13.1. The number of allylic oxidation sites excluding steroid dienone is 2. The molecule has 1 aromatic heterocycles. The second-order valence-corrected chi connectivity index (χ2v) is 8.52. The van der Waals surface area contributed by atoms with Gasteiger partial charge >= 0.3 is 5.63 Å². The molecule has 0 unspecified atom stereocenters. The van der Waals surface area contributed by atoms with Crippen molar-refractivity contribution in [3.63, 3.8) is 0 Å². The summed E-state index contributed by atoms with van der Waals surface area (Å²) in [5.74, 6) is -1.36. The minimum Gasteiger partial charge on any atom is -0.507 e. The van der Waals surface area contributed by atoms with Crippen LogP contribution in [0.3, 0.4) is 0 Å². The van der Waals surface area contributed by atoms with Gasteiger partial charge in [0, 0.05) is 35.4 Å². The van der Waals surface area contributed by atoms with E-state index in [9.17, 15) is 24.9 Å². The molecule has 7 heteroatoms. The highest BCUT2D eigenvalue weighted by molar-refractivity contribution is 6.03. The van der Waals surface area contributed by atoms with Gasteiger partial charge in [-0.15, -0.1) is 0 Å². The number of methoxy groups -OCH3 is 1. The summed E-state index contributed by atoms with van der Waals surface area (Å²) in [5.41, 5.74) is 0.886. The average molecular weight is 459 g/mol. The van der Waals surface area contributed by atoms with Crippen LogP contribution < -0.4 is 10.4 Å². The molecule has 0 aliphatic rings. The van der Waals surface area contributed by atoms with Crippen LogP contribution in [0.4, 0.5) is 0 Å². The molecule has 0 saturated carbocycles. The van der Waals surface area contributed by atoms with E-state index in [1.54, 1.807) is 13.8 Å². The molecule has 33 heavy (non-hydrogen) atoms. The van der Waals surface area contributed by atoms with E-state index in [2.05, 4.69) is 0 Å². The fourth-order valence-electron chi connectivity index (χ4n) is 3.76. The lowest BCUT2D eigenvalue weighted by Crippen LogP contribution is -2.15. The summed E-state index contributed by atoms with van der Waals surface area (Å²) >= 11 is 0. The second kappa shape index (κ2) is 10.6. The van der Waals surface area contributed by atoms with Crippen LogP contribution in [0.25, 0.3) is 0 Å². The van der Waals surface area contributed by atoms with E-state index in [0.29, 0.717) is 29.7 Å². The summed E-state index contributed by atoms with van der Waals surface area (Å²) in [5, 5.41) is 32.8. The van der Waals surface area contributed by atoms with E-state index in [4.69, 9.17) is 9.15 Å². The van der Waals surface area contributed by atoms with Gasteiger partial charge in [-0.25, -0.2) is 4.79 Å². The number of ether oxygens (including phenoxy) is 1. The van der Waals surface area contributed by atoms with Crippen molar-refractivity contribution in [3.8, 4) is 23.0 Å². The minimum atomic E-state index is -0.731. The lowest BCUT2D eigenvalue weighted by molar-refractivity contribution is 0.0921. The Morgan fingerprint density at radius 1 is 1.06 bits per heavy atom. The monoisotopic (exact) mass is 458 g/mol. The number of phenols is 2. The van der Waals surface area contributed by atoms with E-state index in [1.165, 1.54) is 7.11 Å². The molecule has 0 aliphatic carbocycles. The van der Waals surface area contributed by atoms with Crippen molar-refractivity contribution in [2.75, 3.05) is 7.11 Å². The number of carbonyl (C=O) groups is 1. The van der Waals surface area contributed by atoms with Crippen LogP contribution in [0.1, 0.15) is 79.4 Å². The Morgan fingerprint density at radius 3 is 2.18 bits per heavy atom. The van der Waals surface area contributed by atoms with Crippen LogP contribution in [-0.2, 0) is 19.3 Å². The van der Waals surface area contributed by atoms with Crippen molar-refractivity contribution in [2.24, 2.45) is 5.92 Å². The highest BCUT2D eigenvalue weighted by atomic mass is 16.5. The Balaban J connectivity index is 2.88. The van der Waals surface area contributed by atoms with Crippen molar-refractivity contribution in [2.45, 2.75) is 67.2 Å². The van der Waals surface area contributed by atoms with Gasteiger partial charge in [0.1, 0.15) is 34.3 Å². The van der Waals surface area contributed by atoms with Gasteiger partial charge < -0.3 is 24.5 Å². The van der Waals surface area contributed by atoms with E-state index >= 15 is 0 Å². The molecule has 0 radical (unpaired) electrons. The Kier molecular flexibility index (Phi) is 8.36. The maximum Gasteiger partial charge on any atom is 0.343 e. The smallest absolute Gasteiger partial charge is 0.343 e. The Hall–Kier alpha value is -3.22. The number of hydrogen-bond acceptors (Lipinski definition) is 7.